The third kappa shape index (κ3) is 5.00. The summed E-state index contributed by atoms with van der Waals surface area (Å²) in [6, 6.07) is 4.41. The van der Waals surface area contributed by atoms with Gasteiger partial charge in [-0.05, 0) is 58.7 Å². The second-order valence-electron chi connectivity index (χ2n) is 8.52. The summed E-state index contributed by atoms with van der Waals surface area (Å²) in [6.45, 7) is 7.89. The summed E-state index contributed by atoms with van der Waals surface area (Å²) in [6.07, 6.45) is 5.04. The van der Waals surface area contributed by atoms with E-state index in [-0.39, 0.29) is 23.7 Å². The highest BCUT2D eigenvalue weighted by molar-refractivity contribution is 5.73. The molecule has 0 aliphatic carbocycles. The third-order valence-electron chi connectivity index (χ3n) is 5.57. The number of rotatable bonds is 7. The van der Waals surface area contributed by atoms with Crippen LogP contribution >= 0.6 is 0 Å². The van der Waals surface area contributed by atoms with E-state index in [2.05, 4.69) is 0 Å². The predicted octanol–water partition coefficient (Wildman–Crippen LogP) is 6.21. The molecule has 2 N–H and O–H groups in total. The summed E-state index contributed by atoms with van der Waals surface area (Å²) in [7, 11) is 2.92. The molecule has 0 amide bonds. The molecular formula is C27H31FO5. The molecule has 0 radical (unpaired) electrons. The summed E-state index contributed by atoms with van der Waals surface area (Å²) < 4.78 is 31.0. The van der Waals surface area contributed by atoms with Gasteiger partial charge in [0.1, 0.15) is 23.0 Å². The van der Waals surface area contributed by atoms with E-state index < -0.39 is 5.82 Å². The summed E-state index contributed by atoms with van der Waals surface area (Å²) in [4.78, 5) is 0. The first kappa shape index (κ1) is 24.2. The van der Waals surface area contributed by atoms with Crippen molar-refractivity contribution >= 4 is 5.76 Å². The number of methoxy groups -OCH3 is 2. The summed E-state index contributed by atoms with van der Waals surface area (Å²) in [5.74, 6) is 0.862. The number of hydrogen-bond acceptors (Lipinski definition) is 5. The normalized spacial score (nSPS) is 12.6. The van der Waals surface area contributed by atoms with Crippen molar-refractivity contribution in [2.75, 3.05) is 14.2 Å². The quantitative estimate of drug-likeness (QED) is 0.487. The molecule has 3 rings (SSSR count). The minimum Gasteiger partial charge on any atom is -0.507 e. The van der Waals surface area contributed by atoms with Gasteiger partial charge in [0.25, 0.3) is 0 Å². The smallest absolute Gasteiger partial charge is 0.172 e. The average Bonchev–Trinajstić information content (AvgIpc) is 2.78. The average molecular weight is 455 g/mol. The molecular weight excluding hydrogens is 423 g/mol. The van der Waals surface area contributed by atoms with Crippen molar-refractivity contribution in [3.8, 4) is 23.0 Å². The summed E-state index contributed by atoms with van der Waals surface area (Å²) in [5.41, 5.74) is 4.34. The van der Waals surface area contributed by atoms with E-state index in [1.807, 2.05) is 39.8 Å². The SMILES string of the molecule is COC1=C(c2ccc(F)c(OC)c2)Oc2c(CC=C(C)C)c(O)c(CC=C(C)C)c(O)c2C1. The summed E-state index contributed by atoms with van der Waals surface area (Å²) in [5, 5.41) is 22.2. The monoisotopic (exact) mass is 454 g/mol. The maximum atomic E-state index is 14.0. The molecule has 0 spiro atoms. The van der Waals surface area contributed by atoms with Gasteiger partial charge in [-0.2, -0.15) is 0 Å². The van der Waals surface area contributed by atoms with Crippen molar-refractivity contribution in [1.82, 2.24) is 0 Å². The molecule has 6 heteroatoms. The Morgan fingerprint density at radius 2 is 1.61 bits per heavy atom. The highest BCUT2D eigenvalue weighted by atomic mass is 19.1. The maximum Gasteiger partial charge on any atom is 0.172 e. The second-order valence-corrected chi connectivity index (χ2v) is 8.52. The molecule has 5 nitrogen and oxygen atoms in total. The van der Waals surface area contributed by atoms with Gasteiger partial charge in [-0.3, -0.25) is 0 Å². The van der Waals surface area contributed by atoms with Gasteiger partial charge in [-0.25, -0.2) is 4.39 Å². The molecule has 1 heterocycles. The lowest BCUT2D eigenvalue weighted by atomic mass is 9.91. The van der Waals surface area contributed by atoms with Crippen molar-refractivity contribution in [1.29, 1.82) is 0 Å². The zero-order valence-corrected chi connectivity index (χ0v) is 20.0. The standard InChI is InChI=1S/C27H31FO5/c1-15(2)7-10-18-24(29)19(11-8-16(3)4)27-20(25(18)30)14-23(32-6)26(33-27)17-9-12-21(28)22(13-17)31-5/h7-9,12-13,29-30H,10-11,14H2,1-6H3. The highest BCUT2D eigenvalue weighted by Gasteiger charge is 2.31. The van der Waals surface area contributed by atoms with Crippen LogP contribution in [0.15, 0.2) is 47.3 Å². The molecule has 1 aliphatic rings. The Hall–Kier alpha value is -3.41. The van der Waals surface area contributed by atoms with E-state index in [0.717, 1.165) is 11.1 Å². The van der Waals surface area contributed by atoms with Gasteiger partial charge in [0, 0.05) is 28.7 Å². The Labute approximate surface area is 194 Å². The van der Waals surface area contributed by atoms with Crippen LogP contribution in [0, 0.1) is 5.82 Å². The zero-order valence-electron chi connectivity index (χ0n) is 20.0. The minimum absolute atomic E-state index is 0.00811. The first-order valence-corrected chi connectivity index (χ1v) is 10.8. The molecule has 2 aromatic rings. The number of halogens is 1. The topological polar surface area (TPSA) is 68.2 Å². The molecule has 0 aromatic heterocycles. The van der Waals surface area contributed by atoms with Gasteiger partial charge < -0.3 is 24.4 Å². The molecule has 0 fully saturated rings. The molecule has 33 heavy (non-hydrogen) atoms. The number of phenols is 2. The number of phenolic OH excluding ortho intramolecular Hbond substituents is 2. The van der Waals surface area contributed by atoms with Crippen LogP contribution in [0.25, 0.3) is 5.76 Å². The molecule has 1 aliphatic heterocycles. The fraction of sp³-hybridized carbons (Fsp3) is 0.333. The number of aromatic hydroxyl groups is 2. The van der Waals surface area contributed by atoms with E-state index in [0.29, 0.717) is 52.4 Å². The number of hydrogen-bond donors (Lipinski definition) is 2. The van der Waals surface area contributed by atoms with E-state index in [9.17, 15) is 14.6 Å². The lowest BCUT2D eigenvalue weighted by Gasteiger charge is -2.27. The molecule has 0 unspecified atom stereocenters. The Bertz CT molecular complexity index is 1150. The fourth-order valence-electron chi connectivity index (χ4n) is 3.74. The van der Waals surface area contributed by atoms with Crippen molar-refractivity contribution in [3.63, 3.8) is 0 Å². The number of ether oxygens (including phenoxy) is 3. The second kappa shape index (κ2) is 10.0. The van der Waals surface area contributed by atoms with Crippen LogP contribution < -0.4 is 9.47 Å². The molecule has 0 bridgehead atoms. The van der Waals surface area contributed by atoms with Gasteiger partial charge in [0.05, 0.1) is 14.2 Å². The predicted molar refractivity (Wildman–Crippen MR) is 127 cm³/mol. The molecule has 0 atom stereocenters. The van der Waals surface area contributed by atoms with Gasteiger partial charge in [0.2, 0.25) is 0 Å². The van der Waals surface area contributed by atoms with Gasteiger partial charge in [0.15, 0.2) is 17.3 Å². The van der Waals surface area contributed by atoms with Crippen LogP contribution in [0.4, 0.5) is 4.39 Å². The van der Waals surface area contributed by atoms with E-state index in [1.165, 1.54) is 26.4 Å². The van der Waals surface area contributed by atoms with Gasteiger partial charge in [-0.15, -0.1) is 0 Å². The lowest BCUT2D eigenvalue weighted by molar-refractivity contribution is 0.263. The minimum atomic E-state index is -0.486. The van der Waals surface area contributed by atoms with Crippen molar-refractivity contribution < 1.29 is 28.8 Å². The van der Waals surface area contributed by atoms with Crippen molar-refractivity contribution in [2.45, 2.75) is 47.0 Å². The number of allylic oxidation sites excluding steroid dienone is 5. The Kier molecular flexibility index (Phi) is 7.36. The molecule has 2 aromatic carbocycles. The number of benzene rings is 2. The Balaban J connectivity index is 2.21. The highest BCUT2D eigenvalue weighted by Crippen LogP contribution is 2.49. The first-order valence-electron chi connectivity index (χ1n) is 10.8. The maximum absolute atomic E-state index is 14.0. The van der Waals surface area contributed by atoms with Crippen LogP contribution in [-0.2, 0) is 24.0 Å². The van der Waals surface area contributed by atoms with Crippen molar-refractivity contribution in [2.24, 2.45) is 0 Å². The first-order chi connectivity index (χ1) is 15.7. The zero-order chi connectivity index (χ0) is 24.3. The third-order valence-corrected chi connectivity index (χ3v) is 5.57. The number of fused-ring (bicyclic) bond motifs is 1. The molecule has 0 saturated carbocycles. The fourth-order valence-corrected chi connectivity index (χ4v) is 3.74. The van der Waals surface area contributed by atoms with E-state index in [1.54, 1.807) is 6.07 Å². The van der Waals surface area contributed by atoms with Gasteiger partial charge in [-0.1, -0.05) is 23.3 Å². The molecule has 176 valence electrons. The van der Waals surface area contributed by atoms with Crippen LogP contribution in [0.5, 0.6) is 23.0 Å². The lowest BCUT2D eigenvalue weighted by Crippen LogP contribution is -2.14. The van der Waals surface area contributed by atoms with Crippen molar-refractivity contribution in [3.05, 3.63) is 75.3 Å². The van der Waals surface area contributed by atoms with E-state index >= 15 is 0 Å². The summed E-state index contributed by atoms with van der Waals surface area (Å²) >= 11 is 0. The van der Waals surface area contributed by atoms with Gasteiger partial charge >= 0.3 is 0 Å². The largest absolute Gasteiger partial charge is 0.507 e. The van der Waals surface area contributed by atoms with E-state index in [4.69, 9.17) is 14.2 Å². The van der Waals surface area contributed by atoms with Crippen LogP contribution in [0.1, 0.15) is 49.9 Å². The van der Waals surface area contributed by atoms with Crippen LogP contribution in [-0.4, -0.2) is 24.4 Å². The van der Waals surface area contributed by atoms with Crippen LogP contribution in [0.3, 0.4) is 0 Å². The Morgan fingerprint density at radius 1 is 0.970 bits per heavy atom. The molecule has 0 saturated heterocycles. The van der Waals surface area contributed by atoms with Crippen LogP contribution in [0.2, 0.25) is 0 Å². The Morgan fingerprint density at radius 3 is 2.18 bits per heavy atom.